The molecule has 4 heteroatoms. The molecule has 0 aliphatic heterocycles. The van der Waals surface area contributed by atoms with Crippen molar-refractivity contribution in [1.82, 2.24) is 0 Å². The van der Waals surface area contributed by atoms with E-state index < -0.39 is 11.8 Å². The number of anilines is 1. The number of rotatable bonds is 3. The van der Waals surface area contributed by atoms with Crippen LogP contribution in [0.4, 0.5) is 10.1 Å². The summed E-state index contributed by atoms with van der Waals surface area (Å²) in [7, 11) is 0. The number of carbonyl (C=O) groups is 1. The third-order valence-corrected chi connectivity index (χ3v) is 6.33. The van der Waals surface area contributed by atoms with Gasteiger partial charge in [-0.1, -0.05) is 20.8 Å². The highest BCUT2D eigenvalue weighted by Gasteiger charge is 2.61. The molecule has 0 saturated heterocycles. The van der Waals surface area contributed by atoms with Crippen molar-refractivity contribution >= 4 is 11.7 Å². The summed E-state index contributed by atoms with van der Waals surface area (Å²) in [6.07, 6.45) is 3.56. The molecule has 2 aliphatic carbocycles. The predicted octanol–water partition coefficient (Wildman–Crippen LogP) is 4.15. The van der Waals surface area contributed by atoms with Crippen LogP contribution in [-0.4, -0.2) is 17.1 Å². The van der Waals surface area contributed by atoms with Crippen molar-refractivity contribution < 1.29 is 14.3 Å². The van der Waals surface area contributed by atoms with Crippen molar-refractivity contribution in [3.05, 3.63) is 29.6 Å². The average Bonchev–Trinajstić information content (AvgIpc) is 2.74. The fourth-order valence-corrected chi connectivity index (χ4v) is 4.40. The SMILES string of the molecule is CC1(C)C2CCC1(C)C(Nc1ccc(F)c(C(=O)O)c1)C2. The second kappa shape index (κ2) is 4.46. The maximum Gasteiger partial charge on any atom is 0.338 e. The van der Waals surface area contributed by atoms with E-state index in [1.807, 2.05) is 0 Å². The molecule has 2 N–H and O–H groups in total. The Labute approximate surface area is 124 Å². The van der Waals surface area contributed by atoms with Gasteiger partial charge in [-0.25, -0.2) is 9.18 Å². The molecule has 2 bridgehead atoms. The normalized spacial score (nSPS) is 33.1. The van der Waals surface area contributed by atoms with Gasteiger partial charge in [-0.15, -0.1) is 0 Å². The van der Waals surface area contributed by atoms with Gasteiger partial charge in [-0.05, 0) is 54.2 Å². The Hall–Kier alpha value is -1.58. The Kier molecular flexibility index (Phi) is 3.05. The Balaban J connectivity index is 1.86. The number of hydrogen-bond acceptors (Lipinski definition) is 2. The minimum Gasteiger partial charge on any atom is -0.478 e. The van der Waals surface area contributed by atoms with E-state index in [0.29, 0.717) is 23.1 Å². The van der Waals surface area contributed by atoms with Crippen LogP contribution >= 0.6 is 0 Å². The Bertz CT molecular complexity index is 598. The zero-order chi connectivity index (χ0) is 15.4. The minimum absolute atomic E-state index is 0.204. The first-order valence-corrected chi connectivity index (χ1v) is 7.55. The van der Waals surface area contributed by atoms with Crippen molar-refractivity contribution in [2.45, 2.75) is 46.1 Å². The first-order valence-electron chi connectivity index (χ1n) is 7.55. The molecule has 3 atom stereocenters. The summed E-state index contributed by atoms with van der Waals surface area (Å²) in [5, 5.41) is 12.5. The molecule has 3 nitrogen and oxygen atoms in total. The quantitative estimate of drug-likeness (QED) is 0.879. The number of halogens is 1. The van der Waals surface area contributed by atoms with Gasteiger partial charge in [0.05, 0.1) is 5.56 Å². The largest absolute Gasteiger partial charge is 0.478 e. The summed E-state index contributed by atoms with van der Waals surface area (Å²) in [4.78, 5) is 11.0. The second-order valence-corrected chi connectivity index (χ2v) is 7.31. The maximum atomic E-state index is 13.5. The highest BCUT2D eigenvalue weighted by atomic mass is 19.1. The van der Waals surface area contributed by atoms with E-state index in [4.69, 9.17) is 5.11 Å². The smallest absolute Gasteiger partial charge is 0.338 e. The van der Waals surface area contributed by atoms with Crippen LogP contribution in [0.5, 0.6) is 0 Å². The predicted molar refractivity (Wildman–Crippen MR) is 80.0 cm³/mol. The van der Waals surface area contributed by atoms with E-state index in [1.165, 1.54) is 25.0 Å². The second-order valence-electron chi connectivity index (χ2n) is 7.31. The molecular formula is C17H22FNO2. The van der Waals surface area contributed by atoms with Crippen molar-refractivity contribution in [1.29, 1.82) is 0 Å². The number of hydrogen-bond donors (Lipinski definition) is 2. The van der Waals surface area contributed by atoms with Crippen LogP contribution < -0.4 is 5.32 Å². The third-order valence-electron chi connectivity index (χ3n) is 6.33. The molecule has 1 aromatic carbocycles. The van der Waals surface area contributed by atoms with Gasteiger partial charge in [-0.3, -0.25) is 0 Å². The van der Waals surface area contributed by atoms with Gasteiger partial charge in [0.25, 0.3) is 0 Å². The Morgan fingerprint density at radius 1 is 1.38 bits per heavy atom. The molecule has 0 spiro atoms. The lowest BCUT2D eigenvalue weighted by molar-refractivity contribution is 0.0692. The zero-order valence-electron chi connectivity index (χ0n) is 12.7. The van der Waals surface area contributed by atoms with Crippen LogP contribution in [0.15, 0.2) is 18.2 Å². The summed E-state index contributed by atoms with van der Waals surface area (Å²) in [6, 6.07) is 4.58. The van der Waals surface area contributed by atoms with Crippen molar-refractivity contribution in [3.8, 4) is 0 Å². The van der Waals surface area contributed by atoms with E-state index in [2.05, 4.69) is 26.1 Å². The van der Waals surface area contributed by atoms with Crippen LogP contribution in [0.25, 0.3) is 0 Å². The van der Waals surface area contributed by atoms with Crippen molar-refractivity contribution in [3.63, 3.8) is 0 Å². The average molecular weight is 291 g/mol. The molecule has 3 unspecified atom stereocenters. The number of aromatic carboxylic acids is 1. The van der Waals surface area contributed by atoms with Crippen LogP contribution in [0.2, 0.25) is 0 Å². The van der Waals surface area contributed by atoms with Crippen molar-refractivity contribution in [2.75, 3.05) is 5.32 Å². The molecule has 1 aromatic rings. The van der Waals surface area contributed by atoms with Gasteiger partial charge < -0.3 is 10.4 Å². The van der Waals surface area contributed by atoms with E-state index >= 15 is 0 Å². The third kappa shape index (κ3) is 1.95. The lowest BCUT2D eigenvalue weighted by atomic mass is 9.69. The summed E-state index contributed by atoms with van der Waals surface area (Å²) in [5.41, 5.74) is 0.923. The Morgan fingerprint density at radius 3 is 2.62 bits per heavy atom. The van der Waals surface area contributed by atoms with Crippen LogP contribution in [-0.2, 0) is 0 Å². The van der Waals surface area contributed by atoms with Crippen LogP contribution in [0.1, 0.15) is 50.4 Å². The fraction of sp³-hybridized carbons (Fsp3) is 0.588. The molecule has 21 heavy (non-hydrogen) atoms. The first kappa shape index (κ1) is 14.4. The van der Waals surface area contributed by atoms with Gasteiger partial charge in [0.1, 0.15) is 5.82 Å². The number of carboxylic acids is 1. The molecule has 2 fully saturated rings. The number of benzene rings is 1. The monoisotopic (exact) mass is 291 g/mol. The lowest BCUT2D eigenvalue weighted by Gasteiger charge is -2.40. The lowest BCUT2D eigenvalue weighted by Crippen LogP contribution is -2.40. The fourth-order valence-electron chi connectivity index (χ4n) is 4.40. The summed E-state index contributed by atoms with van der Waals surface area (Å²) in [6.45, 7) is 6.98. The first-order chi connectivity index (χ1) is 9.75. The van der Waals surface area contributed by atoms with E-state index in [9.17, 15) is 9.18 Å². The van der Waals surface area contributed by atoms with E-state index in [0.717, 1.165) is 6.42 Å². The highest BCUT2D eigenvalue weighted by molar-refractivity contribution is 5.89. The summed E-state index contributed by atoms with van der Waals surface area (Å²) in [5.74, 6) is -1.21. The molecule has 2 saturated carbocycles. The summed E-state index contributed by atoms with van der Waals surface area (Å²) < 4.78 is 13.5. The molecule has 3 rings (SSSR count). The minimum atomic E-state index is -1.23. The zero-order valence-corrected chi connectivity index (χ0v) is 12.7. The number of carboxylic acid groups (broad SMARTS) is 1. The van der Waals surface area contributed by atoms with E-state index in [1.54, 1.807) is 6.07 Å². The van der Waals surface area contributed by atoms with Crippen LogP contribution in [0, 0.1) is 22.6 Å². The van der Waals surface area contributed by atoms with Gasteiger partial charge >= 0.3 is 5.97 Å². The molecule has 0 radical (unpaired) electrons. The number of nitrogens with one attached hydrogen (secondary N) is 1. The maximum absolute atomic E-state index is 13.5. The molecular weight excluding hydrogens is 269 g/mol. The van der Waals surface area contributed by atoms with Gasteiger partial charge in [0.2, 0.25) is 0 Å². The molecule has 114 valence electrons. The molecule has 0 amide bonds. The Morgan fingerprint density at radius 2 is 2.10 bits per heavy atom. The summed E-state index contributed by atoms with van der Waals surface area (Å²) >= 11 is 0. The molecule has 2 aliphatic rings. The molecule has 0 heterocycles. The van der Waals surface area contributed by atoms with Gasteiger partial charge in [0, 0.05) is 11.7 Å². The van der Waals surface area contributed by atoms with Gasteiger partial charge in [0.15, 0.2) is 0 Å². The van der Waals surface area contributed by atoms with Crippen LogP contribution in [0.3, 0.4) is 0 Å². The van der Waals surface area contributed by atoms with Crippen molar-refractivity contribution in [2.24, 2.45) is 16.7 Å². The standard InChI is InChI=1S/C17H22FNO2/c1-16(2)10-6-7-17(16,3)14(8-10)19-11-4-5-13(18)12(9-11)15(20)21/h4-5,9-10,14,19H,6-8H2,1-3H3,(H,20,21). The topological polar surface area (TPSA) is 49.3 Å². The van der Waals surface area contributed by atoms with Gasteiger partial charge in [-0.2, -0.15) is 0 Å². The van der Waals surface area contributed by atoms with E-state index in [-0.39, 0.29) is 11.0 Å². The molecule has 0 aromatic heterocycles. The number of fused-ring (bicyclic) bond motifs is 2. The highest BCUT2D eigenvalue weighted by Crippen LogP contribution is 2.65.